The summed E-state index contributed by atoms with van der Waals surface area (Å²) in [5.74, 6) is -0.301. The molecule has 0 saturated carbocycles. The molecule has 0 aliphatic rings. The standard InChI is InChI=1S/C13H20N2O3/c1-13(2,3)15(9-11(16)17)8-10-6-5-7-14-12(10)18-4/h5-7H,8-9H2,1-4H3,(H,16,17). The minimum absolute atomic E-state index is 0.0124. The summed E-state index contributed by atoms with van der Waals surface area (Å²) in [5.41, 5.74) is 0.648. The highest BCUT2D eigenvalue weighted by Crippen LogP contribution is 2.21. The highest BCUT2D eigenvalue weighted by atomic mass is 16.5. The smallest absolute Gasteiger partial charge is 0.317 e. The number of rotatable bonds is 5. The lowest BCUT2D eigenvalue weighted by molar-refractivity contribution is -0.139. The molecule has 5 nitrogen and oxygen atoms in total. The van der Waals surface area contributed by atoms with Crippen LogP contribution in [-0.2, 0) is 11.3 Å². The van der Waals surface area contributed by atoms with Crippen molar-refractivity contribution < 1.29 is 14.6 Å². The summed E-state index contributed by atoms with van der Waals surface area (Å²) in [6.07, 6.45) is 1.65. The lowest BCUT2D eigenvalue weighted by atomic mass is 10.0. The fraction of sp³-hybridized carbons (Fsp3) is 0.538. The first-order valence-corrected chi connectivity index (χ1v) is 5.79. The number of ether oxygens (including phenoxy) is 1. The molecule has 0 fully saturated rings. The van der Waals surface area contributed by atoms with Gasteiger partial charge in [-0.25, -0.2) is 4.98 Å². The molecule has 0 bridgehead atoms. The van der Waals surface area contributed by atoms with Gasteiger partial charge in [0, 0.05) is 23.8 Å². The Morgan fingerprint density at radius 2 is 2.17 bits per heavy atom. The van der Waals surface area contributed by atoms with Gasteiger partial charge in [-0.3, -0.25) is 9.69 Å². The quantitative estimate of drug-likeness (QED) is 0.865. The molecular formula is C13H20N2O3. The zero-order valence-electron chi connectivity index (χ0n) is 11.3. The SMILES string of the molecule is COc1ncccc1CN(CC(=O)O)C(C)(C)C. The number of carboxylic acid groups (broad SMARTS) is 1. The minimum atomic E-state index is -0.840. The molecule has 1 aromatic heterocycles. The Labute approximate surface area is 107 Å². The Hall–Kier alpha value is -1.62. The fourth-order valence-corrected chi connectivity index (χ4v) is 1.63. The normalized spacial score (nSPS) is 11.6. The maximum absolute atomic E-state index is 10.9. The van der Waals surface area contributed by atoms with Gasteiger partial charge in [0.2, 0.25) is 5.88 Å². The Bertz CT molecular complexity index is 413. The molecule has 0 atom stereocenters. The van der Waals surface area contributed by atoms with Gasteiger partial charge in [-0.1, -0.05) is 6.07 Å². The molecule has 18 heavy (non-hydrogen) atoms. The number of hydrogen-bond acceptors (Lipinski definition) is 4. The highest BCUT2D eigenvalue weighted by Gasteiger charge is 2.24. The summed E-state index contributed by atoms with van der Waals surface area (Å²) >= 11 is 0. The Balaban J connectivity index is 2.92. The average molecular weight is 252 g/mol. The van der Waals surface area contributed by atoms with Crippen LogP contribution in [0.25, 0.3) is 0 Å². The molecule has 0 spiro atoms. The van der Waals surface area contributed by atoms with E-state index in [0.29, 0.717) is 12.4 Å². The van der Waals surface area contributed by atoms with E-state index in [0.717, 1.165) is 5.56 Å². The third-order valence-electron chi connectivity index (χ3n) is 2.68. The van der Waals surface area contributed by atoms with Crippen LogP contribution in [0.1, 0.15) is 26.3 Å². The van der Waals surface area contributed by atoms with E-state index in [1.54, 1.807) is 13.3 Å². The van der Waals surface area contributed by atoms with E-state index < -0.39 is 5.97 Å². The van der Waals surface area contributed by atoms with Crippen molar-refractivity contribution in [3.63, 3.8) is 0 Å². The predicted octanol–water partition coefficient (Wildman–Crippen LogP) is 1.78. The molecule has 0 saturated heterocycles. The Morgan fingerprint density at radius 3 is 2.67 bits per heavy atom. The van der Waals surface area contributed by atoms with Crippen molar-refractivity contribution >= 4 is 5.97 Å². The van der Waals surface area contributed by atoms with Crippen molar-refractivity contribution in [3.8, 4) is 5.88 Å². The van der Waals surface area contributed by atoms with E-state index in [1.165, 1.54) is 0 Å². The van der Waals surface area contributed by atoms with E-state index in [1.807, 2.05) is 37.8 Å². The maximum atomic E-state index is 10.9. The molecule has 0 radical (unpaired) electrons. The minimum Gasteiger partial charge on any atom is -0.481 e. The molecular weight excluding hydrogens is 232 g/mol. The van der Waals surface area contributed by atoms with Gasteiger partial charge in [-0.2, -0.15) is 0 Å². The zero-order chi connectivity index (χ0) is 13.8. The molecule has 0 unspecified atom stereocenters. The Kier molecular flexibility index (Phi) is 4.67. The van der Waals surface area contributed by atoms with Crippen molar-refractivity contribution in [2.75, 3.05) is 13.7 Å². The monoisotopic (exact) mass is 252 g/mol. The molecule has 0 aliphatic heterocycles. The van der Waals surface area contributed by atoms with Gasteiger partial charge in [-0.05, 0) is 26.8 Å². The van der Waals surface area contributed by atoms with Crippen molar-refractivity contribution in [2.24, 2.45) is 0 Å². The molecule has 0 aromatic carbocycles. The van der Waals surface area contributed by atoms with E-state index in [2.05, 4.69) is 4.98 Å². The lowest BCUT2D eigenvalue weighted by Gasteiger charge is -2.34. The summed E-state index contributed by atoms with van der Waals surface area (Å²) in [6, 6.07) is 3.71. The number of carbonyl (C=O) groups is 1. The van der Waals surface area contributed by atoms with Gasteiger partial charge >= 0.3 is 5.97 Å². The van der Waals surface area contributed by atoms with Gasteiger partial charge in [-0.15, -0.1) is 0 Å². The molecule has 1 rings (SSSR count). The number of nitrogens with zero attached hydrogens (tertiary/aromatic N) is 2. The maximum Gasteiger partial charge on any atom is 0.317 e. The third kappa shape index (κ3) is 4.00. The van der Waals surface area contributed by atoms with Crippen molar-refractivity contribution in [1.82, 2.24) is 9.88 Å². The van der Waals surface area contributed by atoms with Crippen molar-refractivity contribution in [1.29, 1.82) is 0 Å². The van der Waals surface area contributed by atoms with E-state index in [-0.39, 0.29) is 12.1 Å². The second-order valence-corrected chi connectivity index (χ2v) is 5.09. The summed E-state index contributed by atoms with van der Waals surface area (Å²) in [4.78, 5) is 16.9. The number of carboxylic acids is 1. The highest BCUT2D eigenvalue weighted by molar-refractivity contribution is 5.69. The van der Waals surface area contributed by atoms with Crippen molar-refractivity contribution in [2.45, 2.75) is 32.9 Å². The number of aromatic nitrogens is 1. The number of hydrogen-bond donors (Lipinski definition) is 1. The third-order valence-corrected chi connectivity index (χ3v) is 2.68. The molecule has 100 valence electrons. The average Bonchev–Trinajstić information content (AvgIpc) is 2.27. The van der Waals surface area contributed by atoms with Crippen LogP contribution >= 0.6 is 0 Å². The van der Waals surface area contributed by atoms with E-state index >= 15 is 0 Å². The van der Waals surface area contributed by atoms with Crippen LogP contribution in [0, 0.1) is 0 Å². The van der Waals surface area contributed by atoms with E-state index in [9.17, 15) is 4.79 Å². The molecule has 1 N–H and O–H groups in total. The number of methoxy groups -OCH3 is 1. The van der Waals surface area contributed by atoms with Crippen LogP contribution in [-0.4, -0.2) is 40.2 Å². The van der Waals surface area contributed by atoms with Crippen LogP contribution in [0.4, 0.5) is 0 Å². The van der Waals surface area contributed by atoms with Crippen LogP contribution < -0.4 is 4.74 Å². The Morgan fingerprint density at radius 1 is 1.50 bits per heavy atom. The van der Waals surface area contributed by atoms with E-state index in [4.69, 9.17) is 9.84 Å². The first-order valence-electron chi connectivity index (χ1n) is 5.79. The van der Waals surface area contributed by atoms with Gasteiger partial charge in [0.05, 0.1) is 13.7 Å². The van der Waals surface area contributed by atoms with Crippen LogP contribution in [0.15, 0.2) is 18.3 Å². The summed E-state index contributed by atoms with van der Waals surface area (Å²) < 4.78 is 5.18. The van der Waals surface area contributed by atoms with Gasteiger partial charge in [0.25, 0.3) is 0 Å². The summed E-state index contributed by atoms with van der Waals surface area (Å²) in [7, 11) is 1.56. The van der Waals surface area contributed by atoms with Gasteiger partial charge in [0.15, 0.2) is 0 Å². The van der Waals surface area contributed by atoms with Crippen LogP contribution in [0.5, 0.6) is 5.88 Å². The summed E-state index contributed by atoms with van der Waals surface area (Å²) in [6.45, 7) is 6.44. The van der Waals surface area contributed by atoms with Gasteiger partial charge < -0.3 is 9.84 Å². The second-order valence-electron chi connectivity index (χ2n) is 5.09. The first-order chi connectivity index (χ1) is 8.34. The predicted molar refractivity (Wildman–Crippen MR) is 68.6 cm³/mol. The first kappa shape index (κ1) is 14.4. The molecule has 0 aliphatic carbocycles. The largest absolute Gasteiger partial charge is 0.481 e. The fourth-order valence-electron chi connectivity index (χ4n) is 1.63. The zero-order valence-corrected chi connectivity index (χ0v) is 11.3. The second kappa shape index (κ2) is 5.82. The topological polar surface area (TPSA) is 62.7 Å². The number of pyridine rings is 1. The van der Waals surface area contributed by atoms with Crippen LogP contribution in [0.2, 0.25) is 0 Å². The lowest BCUT2D eigenvalue weighted by Crippen LogP contribution is -2.43. The van der Waals surface area contributed by atoms with Gasteiger partial charge in [0.1, 0.15) is 0 Å². The molecule has 1 heterocycles. The molecule has 0 amide bonds. The molecule has 1 aromatic rings. The molecule has 5 heteroatoms. The number of aliphatic carboxylic acids is 1. The van der Waals surface area contributed by atoms with Crippen molar-refractivity contribution in [3.05, 3.63) is 23.9 Å². The van der Waals surface area contributed by atoms with Crippen LogP contribution in [0.3, 0.4) is 0 Å². The summed E-state index contributed by atoms with van der Waals surface area (Å²) in [5, 5.41) is 8.96.